The Hall–Kier alpha value is -1.00. The molecule has 0 aliphatic carbocycles. The predicted molar refractivity (Wildman–Crippen MR) is 54.6 cm³/mol. The minimum Gasteiger partial charge on any atom is -0.388 e. The van der Waals surface area contributed by atoms with Crippen LogP contribution in [-0.4, -0.2) is 11.7 Å². The summed E-state index contributed by atoms with van der Waals surface area (Å²) >= 11 is 0. The summed E-state index contributed by atoms with van der Waals surface area (Å²) < 4.78 is 26.0. The Labute approximate surface area is 87.7 Å². The van der Waals surface area contributed by atoms with Crippen LogP contribution in [0.4, 0.5) is 8.78 Å². The molecular formula is C11H15F2NO. The highest BCUT2D eigenvalue weighted by Crippen LogP contribution is 2.29. The Morgan fingerprint density at radius 2 is 2.13 bits per heavy atom. The van der Waals surface area contributed by atoms with Gasteiger partial charge in [0.15, 0.2) is 0 Å². The lowest BCUT2D eigenvalue weighted by Crippen LogP contribution is -2.10. The molecule has 1 aromatic rings. The van der Waals surface area contributed by atoms with Crippen molar-refractivity contribution < 1.29 is 13.9 Å². The summed E-state index contributed by atoms with van der Waals surface area (Å²) in [7, 11) is 0. The van der Waals surface area contributed by atoms with Gasteiger partial charge in [-0.3, -0.25) is 0 Å². The van der Waals surface area contributed by atoms with Crippen LogP contribution in [0, 0.1) is 0 Å². The van der Waals surface area contributed by atoms with Crippen molar-refractivity contribution >= 4 is 0 Å². The predicted octanol–water partition coefficient (Wildman–Crippen LogP) is 2.18. The Kier molecular flexibility index (Phi) is 3.77. The first-order valence-corrected chi connectivity index (χ1v) is 4.81. The van der Waals surface area contributed by atoms with Crippen LogP contribution in [0.25, 0.3) is 0 Å². The Balaban J connectivity index is 2.92. The number of nitrogens with two attached hydrogens (primary N) is 1. The quantitative estimate of drug-likeness (QED) is 0.808. The molecule has 0 fully saturated rings. The summed E-state index contributed by atoms with van der Waals surface area (Å²) in [4.78, 5) is 0. The molecule has 0 amide bonds. The van der Waals surface area contributed by atoms with E-state index in [9.17, 15) is 13.9 Å². The zero-order valence-electron chi connectivity index (χ0n) is 8.58. The highest BCUT2D eigenvalue weighted by atomic mass is 19.3. The molecule has 84 valence electrons. The third-order valence-corrected chi connectivity index (χ3v) is 2.22. The first-order valence-electron chi connectivity index (χ1n) is 4.81. The molecule has 0 aliphatic heterocycles. The molecule has 0 aromatic heterocycles. The number of halogens is 2. The monoisotopic (exact) mass is 215 g/mol. The van der Waals surface area contributed by atoms with Gasteiger partial charge in [0, 0.05) is 12.5 Å². The number of benzene rings is 1. The molecule has 1 unspecified atom stereocenters. The fourth-order valence-corrected chi connectivity index (χ4v) is 1.34. The summed E-state index contributed by atoms with van der Waals surface area (Å²) in [5.41, 5.74) is 5.68. The molecule has 4 heteroatoms. The molecule has 0 bridgehead atoms. The van der Waals surface area contributed by atoms with E-state index in [0.717, 1.165) is 6.92 Å². The first kappa shape index (κ1) is 12.1. The van der Waals surface area contributed by atoms with Gasteiger partial charge in [-0.05, 0) is 24.6 Å². The molecule has 0 radical (unpaired) electrons. The molecule has 1 rings (SSSR count). The van der Waals surface area contributed by atoms with Crippen LogP contribution in [-0.2, 0) is 5.92 Å². The Morgan fingerprint density at radius 1 is 1.47 bits per heavy atom. The van der Waals surface area contributed by atoms with E-state index in [-0.39, 0.29) is 5.56 Å². The molecule has 15 heavy (non-hydrogen) atoms. The SMILES string of the molecule is CC(F)(F)c1cccc(C(O)CCN)c1. The summed E-state index contributed by atoms with van der Waals surface area (Å²) in [6.07, 6.45) is -0.393. The smallest absolute Gasteiger partial charge is 0.270 e. The topological polar surface area (TPSA) is 46.2 Å². The van der Waals surface area contributed by atoms with Gasteiger partial charge in [0.1, 0.15) is 0 Å². The second-order valence-corrected chi connectivity index (χ2v) is 3.61. The Morgan fingerprint density at radius 3 is 2.67 bits per heavy atom. The molecule has 3 N–H and O–H groups in total. The van der Waals surface area contributed by atoms with E-state index >= 15 is 0 Å². The number of aliphatic hydroxyl groups is 1. The number of hydrogen-bond donors (Lipinski definition) is 2. The molecular weight excluding hydrogens is 200 g/mol. The largest absolute Gasteiger partial charge is 0.388 e. The molecule has 0 aliphatic rings. The molecule has 0 heterocycles. The number of aliphatic hydroxyl groups excluding tert-OH is 1. The fraction of sp³-hybridized carbons (Fsp3) is 0.455. The average molecular weight is 215 g/mol. The van der Waals surface area contributed by atoms with Crippen molar-refractivity contribution in [3.05, 3.63) is 35.4 Å². The van der Waals surface area contributed by atoms with Gasteiger partial charge in [-0.15, -0.1) is 0 Å². The summed E-state index contributed by atoms with van der Waals surface area (Å²) in [6.45, 7) is 1.16. The number of alkyl halides is 2. The van der Waals surface area contributed by atoms with Crippen molar-refractivity contribution in [3.8, 4) is 0 Å². The summed E-state index contributed by atoms with van der Waals surface area (Å²) in [5.74, 6) is -2.88. The maximum atomic E-state index is 13.0. The van der Waals surface area contributed by atoms with Gasteiger partial charge < -0.3 is 10.8 Å². The summed E-state index contributed by atoms with van der Waals surface area (Å²) in [5, 5.41) is 9.59. The van der Waals surface area contributed by atoms with Gasteiger partial charge in [0.2, 0.25) is 0 Å². The lowest BCUT2D eigenvalue weighted by atomic mass is 10.0. The van der Waals surface area contributed by atoms with E-state index in [1.165, 1.54) is 18.2 Å². The van der Waals surface area contributed by atoms with Crippen molar-refractivity contribution in [1.82, 2.24) is 0 Å². The molecule has 2 nitrogen and oxygen atoms in total. The minimum atomic E-state index is -2.88. The molecule has 0 saturated heterocycles. The zero-order chi connectivity index (χ0) is 11.5. The second kappa shape index (κ2) is 4.68. The molecule has 0 spiro atoms. The van der Waals surface area contributed by atoms with Crippen LogP contribution >= 0.6 is 0 Å². The normalized spacial score (nSPS) is 13.9. The average Bonchev–Trinajstić information content (AvgIpc) is 2.17. The molecule has 1 atom stereocenters. The van der Waals surface area contributed by atoms with E-state index in [0.29, 0.717) is 18.5 Å². The van der Waals surface area contributed by atoms with Crippen molar-refractivity contribution in [2.24, 2.45) is 5.73 Å². The highest BCUT2D eigenvalue weighted by Gasteiger charge is 2.24. The van der Waals surface area contributed by atoms with Crippen molar-refractivity contribution in [2.75, 3.05) is 6.54 Å². The van der Waals surface area contributed by atoms with E-state index in [1.807, 2.05) is 0 Å². The van der Waals surface area contributed by atoms with Gasteiger partial charge in [-0.25, -0.2) is 8.78 Å². The standard InChI is InChI=1S/C11H15F2NO/c1-11(12,13)9-4-2-3-8(7-9)10(15)5-6-14/h2-4,7,10,15H,5-6,14H2,1H3. The van der Waals surface area contributed by atoms with Crippen LogP contribution in [0.3, 0.4) is 0 Å². The van der Waals surface area contributed by atoms with Gasteiger partial charge in [0.05, 0.1) is 6.10 Å². The maximum Gasteiger partial charge on any atom is 0.270 e. The fourth-order valence-electron chi connectivity index (χ4n) is 1.34. The van der Waals surface area contributed by atoms with Gasteiger partial charge >= 0.3 is 0 Å². The third-order valence-electron chi connectivity index (χ3n) is 2.22. The van der Waals surface area contributed by atoms with Crippen molar-refractivity contribution in [3.63, 3.8) is 0 Å². The lowest BCUT2D eigenvalue weighted by molar-refractivity contribution is 0.0172. The van der Waals surface area contributed by atoms with Gasteiger partial charge in [0.25, 0.3) is 5.92 Å². The number of rotatable bonds is 4. The zero-order valence-corrected chi connectivity index (χ0v) is 8.58. The maximum absolute atomic E-state index is 13.0. The Bertz CT molecular complexity index is 323. The van der Waals surface area contributed by atoms with Crippen LogP contribution in [0.5, 0.6) is 0 Å². The molecule has 0 saturated carbocycles. The van der Waals surface area contributed by atoms with Crippen molar-refractivity contribution in [2.45, 2.75) is 25.4 Å². The van der Waals surface area contributed by atoms with Crippen molar-refractivity contribution in [1.29, 1.82) is 0 Å². The minimum absolute atomic E-state index is 0.0870. The second-order valence-electron chi connectivity index (χ2n) is 3.61. The lowest BCUT2D eigenvalue weighted by Gasteiger charge is -2.14. The third kappa shape index (κ3) is 3.25. The van der Waals surface area contributed by atoms with E-state index < -0.39 is 12.0 Å². The van der Waals surface area contributed by atoms with E-state index in [1.54, 1.807) is 6.07 Å². The summed E-state index contributed by atoms with van der Waals surface area (Å²) in [6, 6.07) is 5.80. The number of hydrogen-bond acceptors (Lipinski definition) is 2. The highest BCUT2D eigenvalue weighted by molar-refractivity contribution is 5.27. The van der Waals surface area contributed by atoms with E-state index in [2.05, 4.69) is 0 Å². The molecule has 1 aromatic carbocycles. The van der Waals surface area contributed by atoms with E-state index in [4.69, 9.17) is 5.73 Å². The van der Waals surface area contributed by atoms with Crippen LogP contribution in [0.15, 0.2) is 24.3 Å². The van der Waals surface area contributed by atoms with Gasteiger partial charge in [-0.1, -0.05) is 18.2 Å². The van der Waals surface area contributed by atoms with Crippen LogP contribution < -0.4 is 5.73 Å². The van der Waals surface area contributed by atoms with Crippen LogP contribution in [0.1, 0.15) is 30.6 Å². The first-order chi connectivity index (χ1) is 6.95. The van der Waals surface area contributed by atoms with Crippen LogP contribution in [0.2, 0.25) is 0 Å². The van der Waals surface area contributed by atoms with Gasteiger partial charge in [-0.2, -0.15) is 0 Å².